The first-order valence-electron chi connectivity index (χ1n) is 9.73. The average molecular weight is 402 g/mol. The normalized spacial score (nSPS) is 15.9. The maximum atomic E-state index is 13.5. The lowest BCUT2D eigenvalue weighted by Crippen LogP contribution is -2.34. The zero-order valence-electron chi connectivity index (χ0n) is 16.9. The van der Waals surface area contributed by atoms with E-state index in [0.29, 0.717) is 25.1 Å². The Labute approximate surface area is 163 Å². The van der Waals surface area contributed by atoms with Crippen molar-refractivity contribution in [2.75, 3.05) is 20.2 Å². The van der Waals surface area contributed by atoms with Gasteiger partial charge in [-0.15, -0.1) is 0 Å². The zero-order valence-corrected chi connectivity index (χ0v) is 16.9. The molecular formula is C20H29F3N2O3. The van der Waals surface area contributed by atoms with Crippen molar-refractivity contribution >= 4 is 5.97 Å². The van der Waals surface area contributed by atoms with Crippen LogP contribution in [-0.4, -0.2) is 41.7 Å². The summed E-state index contributed by atoms with van der Waals surface area (Å²) < 4.78 is 46.6. The van der Waals surface area contributed by atoms with E-state index < -0.39 is 29.3 Å². The Hall–Kier alpha value is -1.83. The minimum Gasteiger partial charge on any atom is -0.464 e. The largest absolute Gasteiger partial charge is 0.464 e. The maximum absolute atomic E-state index is 13.5. The van der Waals surface area contributed by atoms with Crippen LogP contribution in [-0.2, 0) is 22.1 Å². The minimum absolute atomic E-state index is 0.0256. The number of ether oxygens (including phenoxy) is 1. The van der Waals surface area contributed by atoms with E-state index in [1.165, 1.54) is 6.20 Å². The van der Waals surface area contributed by atoms with Crippen molar-refractivity contribution in [1.29, 1.82) is 0 Å². The third-order valence-electron chi connectivity index (χ3n) is 4.96. The number of likely N-dealkylation sites (N-methyl/N-ethyl adjacent to an activating group) is 1. The molecule has 1 aromatic rings. The first-order valence-corrected chi connectivity index (χ1v) is 9.73. The smallest absolute Gasteiger partial charge is 0.416 e. The van der Waals surface area contributed by atoms with Crippen LogP contribution in [0.4, 0.5) is 13.2 Å². The number of rotatable bonds is 9. The molecule has 1 fully saturated rings. The van der Waals surface area contributed by atoms with Crippen molar-refractivity contribution in [2.45, 2.75) is 64.7 Å². The number of pyridine rings is 1. The molecule has 0 amide bonds. The van der Waals surface area contributed by atoms with E-state index in [-0.39, 0.29) is 24.5 Å². The Kier molecular flexibility index (Phi) is 7.31. The van der Waals surface area contributed by atoms with Gasteiger partial charge in [0.2, 0.25) is 0 Å². The predicted octanol–water partition coefficient (Wildman–Crippen LogP) is 3.65. The van der Waals surface area contributed by atoms with E-state index in [1.54, 1.807) is 6.92 Å². The SMILES string of the molecule is CCOC(=O)C(CC(C)C)n1cc(CCN(C)C2CC2)c(C(F)(F)F)cc1=O. The molecule has 1 aliphatic carbocycles. The summed E-state index contributed by atoms with van der Waals surface area (Å²) in [5, 5.41) is 0. The number of hydrogen-bond donors (Lipinski definition) is 0. The van der Waals surface area contributed by atoms with Gasteiger partial charge in [-0.05, 0) is 51.1 Å². The van der Waals surface area contributed by atoms with Gasteiger partial charge in [-0.3, -0.25) is 4.79 Å². The average Bonchev–Trinajstić information content (AvgIpc) is 3.42. The van der Waals surface area contributed by atoms with Crippen molar-refractivity contribution in [1.82, 2.24) is 9.47 Å². The molecule has 8 heteroatoms. The number of alkyl halides is 3. The molecule has 0 spiro atoms. The molecule has 1 atom stereocenters. The van der Waals surface area contributed by atoms with Crippen molar-refractivity contribution in [3.63, 3.8) is 0 Å². The van der Waals surface area contributed by atoms with Crippen LogP contribution in [0.3, 0.4) is 0 Å². The number of esters is 1. The predicted molar refractivity (Wildman–Crippen MR) is 100 cm³/mol. The van der Waals surface area contributed by atoms with E-state index in [0.717, 1.165) is 17.4 Å². The van der Waals surface area contributed by atoms with Crippen LogP contribution in [0.1, 0.15) is 57.2 Å². The second kappa shape index (κ2) is 9.11. The van der Waals surface area contributed by atoms with E-state index in [2.05, 4.69) is 0 Å². The fourth-order valence-corrected chi connectivity index (χ4v) is 3.30. The fraction of sp³-hybridized carbons (Fsp3) is 0.700. The summed E-state index contributed by atoms with van der Waals surface area (Å²) in [5.41, 5.74) is -1.74. The van der Waals surface area contributed by atoms with Crippen LogP contribution in [0.2, 0.25) is 0 Å². The number of halogens is 3. The van der Waals surface area contributed by atoms with Crippen molar-refractivity contribution in [3.8, 4) is 0 Å². The summed E-state index contributed by atoms with van der Waals surface area (Å²) >= 11 is 0. The zero-order chi connectivity index (χ0) is 21.1. The Morgan fingerprint density at radius 2 is 2.00 bits per heavy atom. The molecule has 158 valence electrons. The molecule has 1 unspecified atom stereocenters. The molecule has 0 saturated heterocycles. The third-order valence-corrected chi connectivity index (χ3v) is 4.96. The van der Waals surface area contributed by atoms with Gasteiger partial charge in [0.25, 0.3) is 5.56 Å². The van der Waals surface area contributed by atoms with Crippen molar-refractivity contribution < 1.29 is 22.7 Å². The van der Waals surface area contributed by atoms with Crippen LogP contribution in [0.15, 0.2) is 17.1 Å². The third kappa shape index (κ3) is 5.83. The number of hydrogen-bond acceptors (Lipinski definition) is 4. The lowest BCUT2D eigenvalue weighted by Gasteiger charge is -2.23. The molecular weight excluding hydrogens is 373 g/mol. The summed E-state index contributed by atoms with van der Waals surface area (Å²) in [6, 6.07) is 0.0991. The first kappa shape index (κ1) is 22.5. The van der Waals surface area contributed by atoms with Gasteiger partial charge in [0.1, 0.15) is 6.04 Å². The summed E-state index contributed by atoms with van der Waals surface area (Å²) in [6.45, 7) is 6.01. The second-order valence-electron chi connectivity index (χ2n) is 7.81. The first-order chi connectivity index (χ1) is 13.0. The summed E-state index contributed by atoms with van der Waals surface area (Å²) in [6.07, 6.45) is -0.840. The molecule has 0 radical (unpaired) electrons. The molecule has 2 rings (SSSR count). The van der Waals surface area contributed by atoms with E-state index in [1.807, 2.05) is 25.8 Å². The molecule has 0 aliphatic heterocycles. The molecule has 0 N–H and O–H groups in total. The van der Waals surface area contributed by atoms with Crippen LogP contribution in [0, 0.1) is 5.92 Å². The summed E-state index contributed by atoms with van der Waals surface area (Å²) in [4.78, 5) is 26.9. The molecule has 5 nitrogen and oxygen atoms in total. The number of aromatic nitrogens is 1. The highest BCUT2D eigenvalue weighted by Crippen LogP contribution is 2.33. The molecule has 0 aromatic carbocycles. The molecule has 0 bridgehead atoms. The van der Waals surface area contributed by atoms with E-state index >= 15 is 0 Å². The quantitative estimate of drug-likeness (QED) is 0.592. The van der Waals surface area contributed by atoms with Crippen LogP contribution in [0.25, 0.3) is 0 Å². The fourth-order valence-electron chi connectivity index (χ4n) is 3.30. The topological polar surface area (TPSA) is 51.5 Å². The number of carbonyl (C=O) groups excluding carboxylic acids is 1. The highest BCUT2D eigenvalue weighted by Gasteiger charge is 2.36. The van der Waals surface area contributed by atoms with Crippen LogP contribution < -0.4 is 5.56 Å². The number of nitrogens with zero attached hydrogens (tertiary/aromatic N) is 2. The van der Waals surface area contributed by atoms with Gasteiger partial charge in [0, 0.05) is 24.8 Å². The van der Waals surface area contributed by atoms with Gasteiger partial charge < -0.3 is 14.2 Å². The lowest BCUT2D eigenvalue weighted by molar-refractivity contribution is -0.147. The minimum atomic E-state index is -4.62. The molecule has 1 aromatic heterocycles. The van der Waals surface area contributed by atoms with Gasteiger partial charge in [-0.1, -0.05) is 13.8 Å². The van der Waals surface area contributed by atoms with Gasteiger partial charge in [-0.25, -0.2) is 4.79 Å². The maximum Gasteiger partial charge on any atom is 0.416 e. The highest BCUT2D eigenvalue weighted by molar-refractivity contribution is 5.74. The molecule has 1 aliphatic rings. The van der Waals surface area contributed by atoms with Gasteiger partial charge in [-0.2, -0.15) is 13.2 Å². The van der Waals surface area contributed by atoms with Gasteiger partial charge >= 0.3 is 12.1 Å². The summed E-state index contributed by atoms with van der Waals surface area (Å²) in [7, 11) is 1.89. The summed E-state index contributed by atoms with van der Waals surface area (Å²) in [5.74, 6) is -0.535. The Morgan fingerprint density at radius 1 is 1.36 bits per heavy atom. The van der Waals surface area contributed by atoms with E-state index in [4.69, 9.17) is 4.74 Å². The Balaban J connectivity index is 2.42. The molecule has 1 saturated carbocycles. The highest BCUT2D eigenvalue weighted by atomic mass is 19.4. The Morgan fingerprint density at radius 3 is 2.50 bits per heavy atom. The Bertz CT molecular complexity index is 739. The van der Waals surface area contributed by atoms with Crippen LogP contribution in [0.5, 0.6) is 0 Å². The van der Waals surface area contributed by atoms with Gasteiger partial charge in [0.15, 0.2) is 0 Å². The van der Waals surface area contributed by atoms with Gasteiger partial charge in [0.05, 0.1) is 12.2 Å². The van der Waals surface area contributed by atoms with Crippen molar-refractivity contribution in [2.24, 2.45) is 5.92 Å². The molecule has 28 heavy (non-hydrogen) atoms. The van der Waals surface area contributed by atoms with E-state index in [9.17, 15) is 22.8 Å². The molecule has 1 heterocycles. The van der Waals surface area contributed by atoms with Crippen LogP contribution >= 0.6 is 0 Å². The number of carbonyl (C=O) groups is 1. The van der Waals surface area contributed by atoms with Crippen molar-refractivity contribution in [3.05, 3.63) is 33.7 Å². The second-order valence-corrected chi connectivity index (χ2v) is 7.81. The standard InChI is InChI=1S/C20H29F3N2O3/c1-5-28-19(27)17(10-13(2)3)25-12-14(8-9-24(4)15-6-7-15)16(11-18(25)26)20(21,22)23/h11-13,15,17H,5-10H2,1-4H3. The monoisotopic (exact) mass is 402 g/mol. The lowest BCUT2D eigenvalue weighted by atomic mass is 10.0.